The van der Waals surface area contributed by atoms with Crippen molar-refractivity contribution in [3.63, 3.8) is 0 Å². The van der Waals surface area contributed by atoms with Crippen molar-refractivity contribution in [1.82, 2.24) is 0 Å². The zero-order valence-electron chi connectivity index (χ0n) is 17.3. The summed E-state index contributed by atoms with van der Waals surface area (Å²) in [7, 11) is 0. The van der Waals surface area contributed by atoms with Gasteiger partial charge in [-0.2, -0.15) is 0 Å². The van der Waals surface area contributed by atoms with Crippen LogP contribution in [0.2, 0.25) is 5.02 Å². The molecule has 0 radical (unpaired) electrons. The number of fused-ring (bicyclic) bond motifs is 1. The van der Waals surface area contributed by atoms with Crippen molar-refractivity contribution in [2.24, 2.45) is 0 Å². The molecule has 166 valence electrons. The Morgan fingerprint density at radius 3 is 2.33 bits per heavy atom. The van der Waals surface area contributed by atoms with Crippen LogP contribution in [-0.2, 0) is 4.74 Å². The van der Waals surface area contributed by atoms with Gasteiger partial charge in [0.05, 0.1) is 23.1 Å². The predicted molar refractivity (Wildman–Crippen MR) is 128 cm³/mol. The number of carbonyl (C=O) groups excluding carboxylic acids is 2. The van der Waals surface area contributed by atoms with Crippen LogP contribution in [-0.4, -0.2) is 18.5 Å². The predicted octanol–water partition coefficient (Wildman–Crippen LogP) is 6.27. The first-order chi connectivity index (χ1) is 15.9. The van der Waals surface area contributed by atoms with Crippen molar-refractivity contribution in [2.45, 2.75) is 6.92 Å². The summed E-state index contributed by atoms with van der Waals surface area (Å²) in [5.41, 5.74) is 0.593. The van der Waals surface area contributed by atoms with Crippen molar-refractivity contribution in [3.05, 3.63) is 97.8 Å². The highest BCUT2D eigenvalue weighted by molar-refractivity contribution is 9.10. The summed E-state index contributed by atoms with van der Waals surface area (Å²) in [5, 5.41) is 0.722. The summed E-state index contributed by atoms with van der Waals surface area (Å²) in [5.74, 6) is -1.45. The molecule has 0 unspecified atom stereocenters. The smallest absolute Gasteiger partial charge is 0.375 e. The lowest BCUT2D eigenvalue weighted by Gasteiger charge is -2.11. The van der Waals surface area contributed by atoms with Crippen LogP contribution in [0.5, 0.6) is 5.75 Å². The zero-order valence-corrected chi connectivity index (χ0v) is 19.6. The molecule has 33 heavy (non-hydrogen) atoms. The van der Waals surface area contributed by atoms with E-state index in [0.29, 0.717) is 16.1 Å². The van der Waals surface area contributed by atoms with Crippen LogP contribution in [0.3, 0.4) is 0 Å². The summed E-state index contributed by atoms with van der Waals surface area (Å²) in [4.78, 5) is 38.4. The van der Waals surface area contributed by atoms with Crippen LogP contribution < -0.4 is 10.2 Å². The fourth-order valence-electron chi connectivity index (χ4n) is 3.21. The van der Waals surface area contributed by atoms with Crippen molar-refractivity contribution in [1.29, 1.82) is 0 Å². The summed E-state index contributed by atoms with van der Waals surface area (Å²) in [6.07, 6.45) is 0. The largest absolute Gasteiger partial charge is 0.460 e. The minimum Gasteiger partial charge on any atom is -0.460 e. The van der Waals surface area contributed by atoms with E-state index in [4.69, 9.17) is 25.5 Å². The minimum atomic E-state index is -0.766. The molecule has 0 atom stereocenters. The molecule has 0 saturated heterocycles. The second-order valence-electron chi connectivity index (χ2n) is 6.92. The molecule has 0 amide bonds. The molecule has 4 aromatic rings. The summed E-state index contributed by atoms with van der Waals surface area (Å²) in [6.45, 7) is 1.77. The van der Waals surface area contributed by atoms with Gasteiger partial charge in [-0.05, 0) is 61.0 Å². The van der Waals surface area contributed by atoms with Crippen LogP contribution in [0, 0.1) is 0 Å². The first kappa shape index (κ1) is 22.8. The van der Waals surface area contributed by atoms with Crippen LogP contribution in [0.4, 0.5) is 0 Å². The maximum absolute atomic E-state index is 13.3. The van der Waals surface area contributed by atoms with Gasteiger partial charge in [0.25, 0.3) is 0 Å². The third-order valence-corrected chi connectivity index (χ3v) is 5.53. The van der Waals surface area contributed by atoms with E-state index in [1.165, 1.54) is 30.3 Å². The molecule has 1 aromatic heterocycles. The Hall–Kier alpha value is -3.42. The zero-order chi connectivity index (χ0) is 23.5. The lowest BCUT2D eigenvalue weighted by atomic mass is 10.0. The number of hydrogen-bond donors (Lipinski definition) is 0. The monoisotopic (exact) mass is 526 g/mol. The Bertz CT molecular complexity index is 1410. The van der Waals surface area contributed by atoms with Crippen molar-refractivity contribution in [3.8, 4) is 16.9 Å². The number of esters is 2. The SMILES string of the molecule is CCOC(=O)c1oc2cc(OC(=O)c3ccc(Cl)cc3)ccc2c(=O)c1-c1ccc(Br)cc1. The number of benzene rings is 3. The van der Waals surface area contributed by atoms with Gasteiger partial charge < -0.3 is 13.9 Å². The molecule has 0 saturated carbocycles. The second kappa shape index (κ2) is 9.60. The van der Waals surface area contributed by atoms with Crippen LogP contribution in [0.15, 0.2) is 80.4 Å². The van der Waals surface area contributed by atoms with Crippen molar-refractivity contribution < 1.29 is 23.5 Å². The third kappa shape index (κ3) is 4.84. The van der Waals surface area contributed by atoms with E-state index < -0.39 is 17.4 Å². The molecule has 0 fully saturated rings. The van der Waals surface area contributed by atoms with E-state index in [1.807, 2.05) is 0 Å². The lowest BCUT2D eigenvalue weighted by Crippen LogP contribution is -2.15. The molecule has 0 N–H and O–H groups in total. The molecular formula is C25H16BrClO6. The quantitative estimate of drug-likeness (QED) is 0.225. The molecular weight excluding hydrogens is 512 g/mol. The fraction of sp³-hybridized carbons (Fsp3) is 0.0800. The lowest BCUT2D eigenvalue weighted by molar-refractivity contribution is 0.0491. The molecule has 3 aromatic carbocycles. The van der Waals surface area contributed by atoms with Gasteiger partial charge in [0.15, 0.2) is 0 Å². The number of hydrogen-bond acceptors (Lipinski definition) is 6. The minimum absolute atomic E-state index is 0.0883. The van der Waals surface area contributed by atoms with Gasteiger partial charge >= 0.3 is 11.9 Å². The maximum atomic E-state index is 13.3. The normalized spacial score (nSPS) is 10.8. The molecule has 6 nitrogen and oxygen atoms in total. The van der Waals surface area contributed by atoms with Gasteiger partial charge in [-0.1, -0.05) is 39.7 Å². The van der Waals surface area contributed by atoms with Crippen molar-refractivity contribution in [2.75, 3.05) is 6.61 Å². The molecule has 1 heterocycles. The Morgan fingerprint density at radius 1 is 0.970 bits per heavy atom. The first-order valence-electron chi connectivity index (χ1n) is 9.89. The highest BCUT2D eigenvalue weighted by Crippen LogP contribution is 2.29. The molecule has 0 aliphatic rings. The molecule has 0 aliphatic carbocycles. The van der Waals surface area contributed by atoms with Gasteiger partial charge in [-0.3, -0.25) is 4.79 Å². The van der Waals surface area contributed by atoms with Gasteiger partial charge in [0, 0.05) is 15.6 Å². The van der Waals surface area contributed by atoms with Crippen LogP contribution >= 0.6 is 27.5 Å². The van der Waals surface area contributed by atoms with Crippen LogP contribution in [0.1, 0.15) is 27.8 Å². The van der Waals surface area contributed by atoms with E-state index in [0.717, 1.165) is 4.47 Å². The molecule has 4 rings (SSSR count). The third-order valence-electron chi connectivity index (χ3n) is 4.75. The van der Waals surface area contributed by atoms with Crippen molar-refractivity contribution >= 4 is 50.4 Å². The number of ether oxygens (including phenoxy) is 2. The second-order valence-corrected chi connectivity index (χ2v) is 8.27. The Balaban J connectivity index is 1.80. The number of halogens is 2. The van der Waals surface area contributed by atoms with E-state index in [1.54, 1.807) is 43.3 Å². The highest BCUT2D eigenvalue weighted by atomic mass is 79.9. The molecule has 0 spiro atoms. The standard InChI is InChI=1S/C25H16BrClO6/c1-2-31-25(30)23-21(14-3-7-16(26)8-4-14)22(28)19-12-11-18(13-20(19)33-23)32-24(29)15-5-9-17(27)10-6-15/h3-13H,2H2,1H3. The van der Waals surface area contributed by atoms with E-state index in [-0.39, 0.29) is 34.6 Å². The Morgan fingerprint density at radius 2 is 1.67 bits per heavy atom. The molecule has 0 bridgehead atoms. The average molecular weight is 528 g/mol. The summed E-state index contributed by atoms with van der Waals surface area (Å²) < 4.78 is 17.1. The van der Waals surface area contributed by atoms with E-state index in [9.17, 15) is 14.4 Å². The fourth-order valence-corrected chi connectivity index (χ4v) is 3.60. The highest BCUT2D eigenvalue weighted by Gasteiger charge is 2.23. The van der Waals surface area contributed by atoms with Gasteiger partial charge in [0.1, 0.15) is 11.3 Å². The molecule has 0 aliphatic heterocycles. The topological polar surface area (TPSA) is 82.8 Å². The molecule has 8 heteroatoms. The average Bonchev–Trinajstić information content (AvgIpc) is 2.80. The Labute approximate surface area is 201 Å². The first-order valence-corrected chi connectivity index (χ1v) is 11.1. The summed E-state index contributed by atoms with van der Waals surface area (Å²) >= 11 is 9.21. The summed E-state index contributed by atoms with van der Waals surface area (Å²) in [6, 6.07) is 17.5. The van der Waals surface area contributed by atoms with E-state index in [2.05, 4.69) is 15.9 Å². The number of carbonyl (C=O) groups is 2. The van der Waals surface area contributed by atoms with Gasteiger partial charge in [-0.25, -0.2) is 9.59 Å². The van der Waals surface area contributed by atoms with Gasteiger partial charge in [0.2, 0.25) is 11.2 Å². The Kier molecular flexibility index (Phi) is 6.62. The van der Waals surface area contributed by atoms with Gasteiger partial charge in [-0.15, -0.1) is 0 Å². The maximum Gasteiger partial charge on any atom is 0.375 e. The number of rotatable bonds is 5. The van der Waals surface area contributed by atoms with E-state index >= 15 is 0 Å². The van der Waals surface area contributed by atoms with Crippen LogP contribution in [0.25, 0.3) is 22.1 Å².